The average Bonchev–Trinajstić information content (AvgIpc) is 2.74. The zero-order chi connectivity index (χ0) is 21.9. The van der Waals surface area contributed by atoms with Gasteiger partial charge < -0.3 is 29.2 Å². The highest BCUT2D eigenvalue weighted by Crippen LogP contribution is 2.38. The highest BCUT2D eigenvalue weighted by Gasteiger charge is 2.41. The first-order chi connectivity index (χ1) is 14.5. The molecule has 0 radical (unpaired) electrons. The van der Waals surface area contributed by atoms with Crippen molar-refractivity contribution >= 4 is 11.9 Å². The number of nitrogens with one attached hydrogen (secondary N) is 1. The van der Waals surface area contributed by atoms with E-state index in [1.54, 1.807) is 28.1 Å². The van der Waals surface area contributed by atoms with E-state index in [4.69, 9.17) is 28.7 Å². The van der Waals surface area contributed by atoms with Gasteiger partial charge in [0.25, 0.3) is 0 Å². The predicted molar refractivity (Wildman–Crippen MR) is 107 cm³/mol. The minimum atomic E-state index is -0.781. The number of carbonyl (C=O) groups is 2. The maximum atomic E-state index is 12.9. The van der Waals surface area contributed by atoms with Crippen molar-refractivity contribution in [3.63, 3.8) is 0 Å². The van der Waals surface area contributed by atoms with E-state index in [0.29, 0.717) is 67.4 Å². The number of ether oxygens (including phenoxy) is 4. The van der Waals surface area contributed by atoms with Crippen molar-refractivity contribution in [1.82, 2.24) is 5.32 Å². The number of dihydropyridines is 1. The Morgan fingerprint density at radius 1 is 0.967 bits per heavy atom. The minimum Gasteiger partial charge on any atom is -0.462 e. The van der Waals surface area contributed by atoms with Crippen LogP contribution in [0.4, 0.5) is 0 Å². The van der Waals surface area contributed by atoms with Gasteiger partial charge in [-0.25, -0.2) is 9.59 Å². The Balaban J connectivity index is 2.28. The topological polar surface area (TPSA) is 102 Å². The second-order valence-corrected chi connectivity index (χ2v) is 6.90. The Kier molecular flexibility index (Phi) is 9.85. The normalized spacial score (nSPS) is 17.3. The third-order valence-electron chi connectivity index (χ3n) is 4.64. The molecule has 0 bridgehead atoms. The Labute approximate surface area is 176 Å². The van der Waals surface area contributed by atoms with Crippen LogP contribution in [0.15, 0.2) is 34.4 Å². The van der Waals surface area contributed by atoms with Gasteiger partial charge in [-0.15, -0.1) is 0 Å². The number of hydrogen-bond acceptors (Lipinski definition) is 9. The van der Waals surface area contributed by atoms with Crippen LogP contribution in [-0.2, 0) is 38.3 Å². The van der Waals surface area contributed by atoms with Gasteiger partial charge in [-0.05, 0) is 26.3 Å². The molecule has 2 rings (SSSR count). The standard InChI is InChI=1S/C21H31NO8/c1-14-17(20(23)27-11-6-9-25-3)19(16-8-5-13-29-30-16)18(15(2)22-14)21(24)28-12-7-10-26-4/h8,19,22H,5-7,9-13H2,1-4H3. The maximum Gasteiger partial charge on any atom is 0.336 e. The summed E-state index contributed by atoms with van der Waals surface area (Å²) in [5, 5.41) is 3.10. The van der Waals surface area contributed by atoms with Crippen molar-refractivity contribution in [1.29, 1.82) is 0 Å². The fourth-order valence-corrected chi connectivity index (χ4v) is 3.27. The highest BCUT2D eigenvalue weighted by molar-refractivity contribution is 5.98. The Morgan fingerprint density at radius 2 is 1.50 bits per heavy atom. The molecule has 0 saturated heterocycles. The van der Waals surface area contributed by atoms with E-state index in [1.165, 1.54) is 0 Å². The van der Waals surface area contributed by atoms with Gasteiger partial charge in [0.05, 0.1) is 36.9 Å². The van der Waals surface area contributed by atoms with Crippen LogP contribution in [0.1, 0.15) is 33.1 Å². The van der Waals surface area contributed by atoms with Gasteiger partial charge in [0.2, 0.25) is 0 Å². The molecular weight excluding hydrogens is 394 g/mol. The zero-order valence-corrected chi connectivity index (χ0v) is 18.1. The zero-order valence-electron chi connectivity index (χ0n) is 18.1. The van der Waals surface area contributed by atoms with Gasteiger partial charge in [-0.2, -0.15) is 4.89 Å². The minimum absolute atomic E-state index is 0.200. The summed E-state index contributed by atoms with van der Waals surface area (Å²) in [6.45, 7) is 5.27. The van der Waals surface area contributed by atoms with Crippen LogP contribution in [0, 0.1) is 5.92 Å². The summed E-state index contributed by atoms with van der Waals surface area (Å²) >= 11 is 0. The molecular formula is C21H31NO8. The van der Waals surface area contributed by atoms with Crippen LogP contribution in [0.5, 0.6) is 0 Å². The molecule has 9 heteroatoms. The molecule has 0 unspecified atom stereocenters. The molecule has 0 spiro atoms. The molecule has 0 saturated carbocycles. The summed E-state index contributed by atoms with van der Waals surface area (Å²) < 4.78 is 20.8. The van der Waals surface area contributed by atoms with Crippen LogP contribution < -0.4 is 5.32 Å². The molecule has 0 amide bonds. The van der Waals surface area contributed by atoms with Crippen molar-refractivity contribution in [3.05, 3.63) is 34.4 Å². The van der Waals surface area contributed by atoms with Gasteiger partial charge in [-0.3, -0.25) is 0 Å². The van der Waals surface area contributed by atoms with E-state index in [1.807, 2.05) is 6.08 Å². The first kappa shape index (κ1) is 23.9. The lowest BCUT2D eigenvalue weighted by Crippen LogP contribution is -2.35. The third-order valence-corrected chi connectivity index (χ3v) is 4.64. The first-order valence-corrected chi connectivity index (χ1v) is 10.0. The van der Waals surface area contributed by atoms with Gasteiger partial charge >= 0.3 is 11.9 Å². The predicted octanol–water partition coefficient (Wildman–Crippen LogP) is 2.15. The number of hydrogen-bond donors (Lipinski definition) is 1. The number of allylic oxidation sites excluding steroid dienone is 3. The molecule has 2 aliphatic heterocycles. The van der Waals surface area contributed by atoms with E-state index >= 15 is 0 Å². The molecule has 0 atom stereocenters. The lowest BCUT2D eigenvalue weighted by Gasteiger charge is -2.31. The Hall–Kier alpha value is -2.36. The third kappa shape index (κ3) is 6.32. The molecule has 0 fully saturated rings. The largest absolute Gasteiger partial charge is 0.462 e. The Bertz CT molecular complexity index is 664. The molecule has 1 N–H and O–H groups in total. The number of esters is 2. The van der Waals surface area contributed by atoms with E-state index in [-0.39, 0.29) is 13.2 Å². The number of carbonyl (C=O) groups excluding carboxylic acids is 2. The van der Waals surface area contributed by atoms with Crippen LogP contribution in [0.2, 0.25) is 0 Å². The SMILES string of the molecule is COCCCOC(=O)C1=C(C)NC(C)=C(C(=O)OCCCOC)C1C1=CCCOO1. The van der Waals surface area contributed by atoms with Crippen molar-refractivity contribution in [3.8, 4) is 0 Å². The van der Waals surface area contributed by atoms with E-state index in [2.05, 4.69) is 5.32 Å². The second-order valence-electron chi connectivity index (χ2n) is 6.90. The van der Waals surface area contributed by atoms with Crippen molar-refractivity contribution < 1.29 is 38.3 Å². The summed E-state index contributed by atoms with van der Waals surface area (Å²) in [5.74, 6) is -1.48. The van der Waals surface area contributed by atoms with E-state index in [0.717, 1.165) is 0 Å². The van der Waals surface area contributed by atoms with E-state index in [9.17, 15) is 9.59 Å². The summed E-state index contributed by atoms with van der Waals surface area (Å²) in [6, 6.07) is 0. The molecule has 168 valence electrons. The summed E-state index contributed by atoms with van der Waals surface area (Å²) in [5.41, 5.74) is 1.75. The number of rotatable bonds is 11. The molecule has 0 aliphatic carbocycles. The van der Waals surface area contributed by atoms with E-state index < -0.39 is 17.9 Å². The average molecular weight is 425 g/mol. The maximum absolute atomic E-state index is 12.9. The number of methoxy groups -OCH3 is 2. The first-order valence-electron chi connectivity index (χ1n) is 10.0. The van der Waals surface area contributed by atoms with Crippen LogP contribution in [-0.4, -0.2) is 59.2 Å². The molecule has 30 heavy (non-hydrogen) atoms. The molecule has 0 aromatic carbocycles. The smallest absolute Gasteiger partial charge is 0.336 e. The fraction of sp³-hybridized carbons (Fsp3) is 0.619. The van der Waals surface area contributed by atoms with Crippen molar-refractivity contribution in [2.45, 2.75) is 33.1 Å². The Morgan fingerprint density at radius 3 is 1.93 bits per heavy atom. The lowest BCUT2D eigenvalue weighted by atomic mass is 9.83. The highest BCUT2D eigenvalue weighted by atomic mass is 17.2. The summed E-state index contributed by atoms with van der Waals surface area (Å²) in [4.78, 5) is 36.3. The summed E-state index contributed by atoms with van der Waals surface area (Å²) in [7, 11) is 3.17. The van der Waals surface area contributed by atoms with Gasteiger partial charge in [0.15, 0.2) is 5.76 Å². The van der Waals surface area contributed by atoms with Crippen LogP contribution in [0.3, 0.4) is 0 Å². The van der Waals surface area contributed by atoms with Gasteiger partial charge in [-0.1, -0.05) is 0 Å². The van der Waals surface area contributed by atoms with Crippen molar-refractivity contribution in [2.75, 3.05) is 47.3 Å². The molecule has 9 nitrogen and oxygen atoms in total. The van der Waals surface area contributed by atoms with Crippen molar-refractivity contribution in [2.24, 2.45) is 5.92 Å². The fourth-order valence-electron chi connectivity index (χ4n) is 3.27. The molecule has 2 heterocycles. The lowest BCUT2D eigenvalue weighted by molar-refractivity contribution is -0.273. The van der Waals surface area contributed by atoms with Gasteiger partial charge in [0.1, 0.15) is 0 Å². The second kappa shape index (κ2) is 12.4. The molecule has 0 aromatic heterocycles. The van der Waals surface area contributed by atoms with Crippen LogP contribution >= 0.6 is 0 Å². The summed E-state index contributed by atoms with van der Waals surface area (Å²) in [6.07, 6.45) is 3.55. The van der Waals surface area contributed by atoms with Crippen LogP contribution in [0.25, 0.3) is 0 Å². The molecule has 0 aromatic rings. The molecule has 2 aliphatic rings. The van der Waals surface area contributed by atoms with Gasteiger partial charge in [0, 0.05) is 51.7 Å². The quantitative estimate of drug-likeness (QED) is 0.303. The monoisotopic (exact) mass is 425 g/mol.